The molecule has 2 aromatic heterocycles. The Morgan fingerprint density at radius 1 is 1.47 bits per heavy atom. The molecule has 0 atom stereocenters. The number of halogens is 1. The van der Waals surface area contributed by atoms with Gasteiger partial charge in [-0.1, -0.05) is 0 Å². The molecule has 0 aliphatic heterocycles. The molecule has 0 saturated carbocycles. The number of anilines is 2. The molecule has 2 heterocycles. The maximum absolute atomic E-state index is 8.53. The highest BCUT2D eigenvalue weighted by Gasteiger charge is 2.06. The van der Waals surface area contributed by atoms with Crippen LogP contribution in [0.3, 0.4) is 0 Å². The molecule has 0 aromatic carbocycles. The molecule has 0 saturated heterocycles. The van der Waals surface area contributed by atoms with Crippen LogP contribution in [-0.4, -0.2) is 23.6 Å². The second-order valence-corrected chi connectivity index (χ2v) is 5.77. The second kappa shape index (κ2) is 6.50. The van der Waals surface area contributed by atoms with Gasteiger partial charge in [0.15, 0.2) is 0 Å². The summed E-state index contributed by atoms with van der Waals surface area (Å²) in [5, 5.41) is 13.5. The number of nitrogens with one attached hydrogen (secondary N) is 1. The lowest BCUT2D eigenvalue weighted by atomic mass is 10.4. The number of aromatic nitrogens is 2. The molecule has 19 heavy (non-hydrogen) atoms. The van der Waals surface area contributed by atoms with Gasteiger partial charge in [0.05, 0.1) is 12.6 Å². The van der Waals surface area contributed by atoms with Gasteiger partial charge >= 0.3 is 0 Å². The summed E-state index contributed by atoms with van der Waals surface area (Å²) >= 11 is 5.14. The van der Waals surface area contributed by atoms with Crippen molar-refractivity contribution in [2.24, 2.45) is 0 Å². The molecular formula is C12H12BrN5S. The van der Waals surface area contributed by atoms with E-state index in [1.165, 1.54) is 11.2 Å². The Kier molecular flexibility index (Phi) is 4.71. The number of thiophene rings is 1. The summed E-state index contributed by atoms with van der Waals surface area (Å²) < 4.78 is 1.10. The van der Waals surface area contributed by atoms with Crippen molar-refractivity contribution in [2.75, 3.05) is 23.8 Å². The van der Waals surface area contributed by atoms with Crippen molar-refractivity contribution in [3.63, 3.8) is 0 Å². The zero-order chi connectivity index (χ0) is 13.7. The van der Waals surface area contributed by atoms with Crippen LogP contribution in [0.15, 0.2) is 28.3 Å². The van der Waals surface area contributed by atoms with Gasteiger partial charge in [-0.15, -0.1) is 11.3 Å². The van der Waals surface area contributed by atoms with Crippen LogP contribution in [0, 0.1) is 11.3 Å². The van der Waals surface area contributed by atoms with Gasteiger partial charge in [-0.2, -0.15) is 5.26 Å². The SMILES string of the molecule is CN(Cc1cc(Br)cs1)c1cc(NCC#N)ncn1. The van der Waals surface area contributed by atoms with E-state index in [0.29, 0.717) is 5.82 Å². The van der Waals surface area contributed by atoms with Crippen LogP contribution in [-0.2, 0) is 6.54 Å². The van der Waals surface area contributed by atoms with Crippen molar-refractivity contribution in [2.45, 2.75) is 6.54 Å². The molecule has 0 spiro atoms. The average Bonchev–Trinajstić information content (AvgIpc) is 2.82. The molecule has 0 fully saturated rings. The summed E-state index contributed by atoms with van der Waals surface area (Å²) in [5.41, 5.74) is 0. The normalized spacial score (nSPS) is 9.95. The first-order chi connectivity index (χ1) is 9.19. The van der Waals surface area contributed by atoms with E-state index >= 15 is 0 Å². The minimum Gasteiger partial charge on any atom is -0.357 e. The molecule has 98 valence electrons. The van der Waals surface area contributed by atoms with Crippen molar-refractivity contribution in [3.8, 4) is 6.07 Å². The lowest BCUT2D eigenvalue weighted by molar-refractivity contribution is 0.904. The maximum atomic E-state index is 8.53. The predicted molar refractivity (Wildman–Crippen MR) is 80.3 cm³/mol. The third kappa shape index (κ3) is 3.91. The fourth-order valence-corrected chi connectivity index (χ4v) is 3.04. The van der Waals surface area contributed by atoms with Crippen LogP contribution < -0.4 is 10.2 Å². The number of hydrogen-bond acceptors (Lipinski definition) is 6. The smallest absolute Gasteiger partial charge is 0.134 e. The van der Waals surface area contributed by atoms with Gasteiger partial charge in [0.2, 0.25) is 0 Å². The van der Waals surface area contributed by atoms with E-state index in [0.717, 1.165) is 16.8 Å². The van der Waals surface area contributed by atoms with E-state index in [4.69, 9.17) is 5.26 Å². The molecule has 2 rings (SSSR count). The topological polar surface area (TPSA) is 64.8 Å². The molecule has 1 N–H and O–H groups in total. The number of rotatable bonds is 5. The highest BCUT2D eigenvalue weighted by molar-refractivity contribution is 9.10. The first kappa shape index (κ1) is 13.8. The molecule has 0 radical (unpaired) electrons. The van der Waals surface area contributed by atoms with Gasteiger partial charge in [-0.3, -0.25) is 0 Å². The van der Waals surface area contributed by atoms with Crippen LogP contribution in [0.2, 0.25) is 0 Å². The van der Waals surface area contributed by atoms with Crippen molar-refractivity contribution in [1.29, 1.82) is 5.26 Å². The Hall–Kier alpha value is -1.65. The molecule has 0 aliphatic rings. The summed E-state index contributed by atoms with van der Waals surface area (Å²) in [6.07, 6.45) is 1.50. The maximum Gasteiger partial charge on any atom is 0.134 e. The molecule has 0 aliphatic carbocycles. The minimum atomic E-state index is 0.234. The number of hydrogen-bond donors (Lipinski definition) is 1. The summed E-state index contributed by atoms with van der Waals surface area (Å²) in [4.78, 5) is 11.6. The van der Waals surface area contributed by atoms with Crippen molar-refractivity contribution in [1.82, 2.24) is 9.97 Å². The molecule has 2 aromatic rings. The quantitative estimate of drug-likeness (QED) is 0.850. The molecule has 0 bridgehead atoms. The van der Waals surface area contributed by atoms with E-state index in [9.17, 15) is 0 Å². The molecule has 0 amide bonds. The average molecular weight is 338 g/mol. The lowest BCUT2D eigenvalue weighted by Gasteiger charge is -2.17. The standard InChI is InChI=1S/C12H12BrN5S/c1-18(6-10-4-9(13)7-19-10)12-5-11(15-3-2-14)16-8-17-12/h4-5,7-8H,3,6H2,1H3,(H,15,16,17). The number of nitriles is 1. The Balaban J connectivity index is 2.06. The van der Waals surface area contributed by atoms with Crippen LogP contribution in [0.1, 0.15) is 4.88 Å². The minimum absolute atomic E-state index is 0.234. The van der Waals surface area contributed by atoms with Crippen LogP contribution in [0.5, 0.6) is 0 Å². The summed E-state index contributed by atoms with van der Waals surface area (Å²) in [7, 11) is 1.98. The van der Waals surface area contributed by atoms with Crippen molar-refractivity contribution < 1.29 is 0 Å². The fourth-order valence-electron chi connectivity index (χ4n) is 1.53. The van der Waals surface area contributed by atoms with Gasteiger partial charge in [0.1, 0.15) is 24.5 Å². The molecule has 5 nitrogen and oxygen atoms in total. The first-order valence-corrected chi connectivity index (χ1v) is 7.23. The molecular weight excluding hydrogens is 326 g/mol. The Labute approximate surface area is 124 Å². The summed E-state index contributed by atoms with van der Waals surface area (Å²) in [5.74, 6) is 1.48. The summed E-state index contributed by atoms with van der Waals surface area (Å²) in [6, 6.07) is 5.95. The van der Waals surface area contributed by atoms with Gasteiger partial charge in [-0.25, -0.2) is 9.97 Å². The molecule has 0 unspecified atom stereocenters. The monoisotopic (exact) mass is 337 g/mol. The predicted octanol–water partition coefficient (Wildman–Crippen LogP) is 2.87. The highest BCUT2D eigenvalue weighted by atomic mass is 79.9. The first-order valence-electron chi connectivity index (χ1n) is 5.56. The van der Waals surface area contributed by atoms with Crippen molar-refractivity contribution in [3.05, 3.63) is 33.2 Å². The fraction of sp³-hybridized carbons (Fsp3) is 0.250. The van der Waals surface area contributed by atoms with Gasteiger partial charge in [0, 0.05) is 27.8 Å². The highest BCUT2D eigenvalue weighted by Crippen LogP contribution is 2.22. The van der Waals surface area contributed by atoms with E-state index in [1.54, 1.807) is 11.3 Å². The number of nitrogens with zero attached hydrogens (tertiary/aromatic N) is 4. The second-order valence-electron chi connectivity index (χ2n) is 3.86. The molecule has 7 heteroatoms. The van der Waals surface area contributed by atoms with Gasteiger partial charge < -0.3 is 10.2 Å². The third-order valence-corrected chi connectivity index (χ3v) is 4.09. The van der Waals surface area contributed by atoms with E-state index < -0.39 is 0 Å². The van der Waals surface area contributed by atoms with E-state index in [1.807, 2.05) is 24.1 Å². The van der Waals surface area contributed by atoms with Gasteiger partial charge in [0.25, 0.3) is 0 Å². The summed E-state index contributed by atoms with van der Waals surface area (Å²) in [6.45, 7) is 1.02. The largest absolute Gasteiger partial charge is 0.357 e. The Morgan fingerprint density at radius 2 is 2.32 bits per heavy atom. The van der Waals surface area contributed by atoms with E-state index in [2.05, 4.69) is 42.7 Å². The van der Waals surface area contributed by atoms with Crippen molar-refractivity contribution >= 4 is 38.9 Å². The zero-order valence-electron chi connectivity index (χ0n) is 10.3. The Bertz CT molecular complexity index is 592. The third-order valence-electron chi connectivity index (χ3n) is 2.41. The Morgan fingerprint density at radius 3 is 3.00 bits per heavy atom. The zero-order valence-corrected chi connectivity index (χ0v) is 12.7. The van der Waals surface area contributed by atoms with Crippen LogP contribution >= 0.6 is 27.3 Å². The van der Waals surface area contributed by atoms with Crippen LogP contribution in [0.25, 0.3) is 0 Å². The van der Waals surface area contributed by atoms with Gasteiger partial charge in [-0.05, 0) is 22.0 Å². The van der Waals surface area contributed by atoms with E-state index in [-0.39, 0.29) is 6.54 Å². The lowest BCUT2D eigenvalue weighted by Crippen LogP contribution is -2.17. The van der Waals surface area contributed by atoms with Crippen LogP contribution in [0.4, 0.5) is 11.6 Å².